The molecule has 1 aromatic heterocycles. The molecule has 2 aliphatic heterocycles. The molecule has 2 saturated heterocycles. The van der Waals surface area contributed by atoms with Gasteiger partial charge in [0.05, 0.1) is 28.1 Å². The van der Waals surface area contributed by atoms with Crippen molar-refractivity contribution < 1.29 is 13.2 Å². The summed E-state index contributed by atoms with van der Waals surface area (Å²) in [7, 11) is -2.93. The third-order valence-electron chi connectivity index (χ3n) is 10.3. The minimum absolute atomic E-state index is 0.0123. The molecule has 2 atom stereocenters. The van der Waals surface area contributed by atoms with E-state index in [1.165, 1.54) is 25.7 Å². The number of nitriles is 1. The molecule has 3 aliphatic carbocycles. The zero-order valence-electron chi connectivity index (χ0n) is 23.6. The average molecular weight is 594 g/mol. The van der Waals surface area contributed by atoms with Gasteiger partial charge in [-0.05, 0) is 74.5 Å². The lowest BCUT2D eigenvalue weighted by atomic mass is 9.76. The highest BCUT2D eigenvalue weighted by molar-refractivity contribution is 7.91. The highest BCUT2D eigenvalue weighted by Gasteiger charge is 2.48. The van der Waals surface area contributed by atoms with Gasteiger partial charge in [-0.1, -0.05) is 36.3 Å². The van der Waals surface area contributed by atoms with Crippen LogP contribution in [0.15, 0.2) is 24.3 Å². The third-order valence-corrected chi connectivity index (χ3v) is 13.1. The number of benzene rings is 1. The minimum atomic E-state index is -2.93. The van der Waals surface area contributed by atoms with Gasteiger partial charge in [0.15, 0.2) is 15.0 Å². The molecule has 1 amide bonds. The number of rotatable bonds is 6. The average Bonchev–Trinajstić information content (AvgIpc) is 3.90. The molecule has 0 unspecified atom stereocenters. The number of nitrogens with one attached hydrogen (secondary N) is 1. The summed E-state index contributed by atoms with van der Waals surface area (Å²) in [6.07, 6.45) is 10.5. The van der Waals surface area contributed by atoms with Crippen molar-refractivity contribution in [2.45, 2.75) is 75.7 Å². The van der Waals surface area contributed by atoms with Crippen molar-refractivity contribution in [3.05, 3.63) is 30.0 Å². The summed E-state index contributed by atoms with van der Waals surface area (Å²) in [5, 5.41) is 13.8. The van der Waals surface area contributed by atoms with Gasteiger partial charge in [0.25, 0.3) is 0 Å². The first kappa shape index (κ1) is 27.2. The Morgan fingerprint density at radius 3 is 2.27 bits per heavy atom. The van der Waals surface area contributed by atoms with Crippen LogP contribution in [0.5, 0.6) is 0 Å². The van der Waals surface area contributed by atoms with Crippen LogP contribution >= 0.6 is 11.3 Å². The second-order valence-electron chi connectivity index (χ2n) is 13.1. The van der Waals surface area contributed by atoms with Gasteiger partial charge in [-0.2, -0.15) is 5.26 Å². The zero-order valence-corrected chi connectivity index (χ0v) is 25.2. The van der Waals surface area contributed by atoms with E-state index in [-0.39, 0.29) is 29.2 Å². The Morgan fingerprint density at radius 2 is 1.63 bits per heavy atom. The van der Waals surface area contributed by atoms with Crippen LogP contribution in [-0.2, 0) is 14.6 Å². The number of hydrogen-bond acceptors (Lipinski definition) is 8. The largest absolute Gasteiger partial charge is 0.369 e. The normalized spacial score (nSPS) is 27.7. The molecule has 3 heterocycles. The number of nitrogens with zero attached hydrogens (tertiary/aromatic N) is 4. The van der Waals surface area contributed by atoms with E-state index in [1.54, 1.807) is 11.3 Å². The molecule has 1 spiro atoms. The SMILES string of the molecule is N#CC1(NC(=O)[C@@H]2CCCC[C@H]2c2nc(N3CCC4(CC3)CC4)sc2-c2ccc(N3CCS(=O)(=O)CC3)cc2)CC1. The fraction of sp³-hybridized carbons (Fsp3) is 0.645. The summed E-state index contributed by atoms with van der Waals surface area (Å²) in [5.74, 6) is 0.274. The Morgan fingerprint density at radius 1 is 0.951 bits per heavy atom. The maximum absolute atomic E-state index is 13.6. The van der Waals surface area contributed by atoms with Crippen molar-refractivity contribution in [2.24, 2.45) is 11.3 Å². The van der Waals surface area contributed by atoms with E-state index in [9.17, 15) is 18.5 Å². The van der Waals surface area contributed by atoms with E-state index in [4.69, 9.17) is 4.98 Å². The van der Waals surface area contributed by atoms with Gasteiger partial charge in [-0.15, -0.1) is 0 Å². The maximum Gasteiger partial charge on any atom is 0.225 e. The van der Waals surface area contributed by atoms with Gasteiger partial charge in [-0.25, -0.2) is 13.4 Å². The van der Waals surface area contributed by atoms with Gasteiger partial charge in [0, 0.05) is 43.7 Å². The van der Waals surface area contributed by atoms with Gasteiger partial charge in [0.1, 0.15) is 5.54 Å². The van der Waals surface area contributed by atoms with E-state index in [0.29, 0.717) is 18.5 Å². The van der Waals surface area contributed by atoms with Gasteiger partial charge in [0.2, 0.25) is 5.91 Å². The smallest absolute Gasteiger partial charge is 0.225 e. The molecular weight excluding hydrogens is 555 g/mol. The standard InChI is InChI=1S/C31H39N5O3S2/c32-21-31(11-12-31)34-28(37)25-4-2-1-3-24(25)26-27(40-29(33-26)36-15-13-30(9-10-30)14-16-36)22-5-7-23(8-6-22)35-17-19-41(38,39)20-18-35/h5-8,24-25H,1-4,9-20H2,(H,34,37)/t24-,25-/m1/s1. The molecule has 41 heavy (non-hydrogen) atoms. The van der Waals surface area contributed by atoms with Crippen LogP contribution in [0.4, 0.5) is 10.8 Å². The number of aromatic nitrogens is 1. The lowest BCUT2D eigenvalue weighted by molar-refractivity contribution is -0.127. The number of thiazole rings is 1. The molecule has 2 aromatic rings. The number of amides is 1. The summed E-state index contributed by atoms with van der Waals surface area (Å²) >= 11 is 1.76. The summed E-state index contributed by atoms with van der Waals surface area (Å²) < 4.78 is 23.8. The fourth-order valence-corrected chi connectivity index (χ4v) is 9.44. The summed E-state index contributed by atoms with van der Waals surface area (Å²) in [5.41, 5.74) is 3.12. The molecule has 5 fully saturated rings. The van der Waals surface area contributed by atoms with Crippen molar-refractivity contribution in [3.63, 3.8) is 0 Å². The van der Waals surface area contributed by atoms with E-state index in [2.05, 4.69) is 45.5 Å². The Labute approximate surface area is 247 Å². The van der Waals surface area contributed by atoms with Crippen LogP contribution < -0.4 is 15.1 Å². The van der Waals surface area contributed by atoms with Crippen LogP contribution in [0.1, 0.15) is 75.8 Å². The first-order chi connectivity index (χ1) is 19.8. The molecule has 0 bridgehead atoms. The van der Waals surface area contributed by atoms with E-state index < -0.39 is 15.4 Å². The van der Waals surface area contributed by atoms with Crippen molar-refractivity contribution in [1.29, 1.82) is 5.26 Å². The quantitative estimate of drug-likeness (QED) is 0.509. The molecule has 5 aliphatic rings. The Balaban J connectivity index is 1.19. The second kappa shape index (κ2) is 10.3. The third kappa shape index (κ3) is 5.48. The number of piperidine rings is 1. The Hall–Kier alpha value is -2.64. The summed E-state index contributed by atoms with van der Waals surface area (Å²) in [6, 6.07) is 10.8. The van der Waals surface area contributed by atoms with E-state index in [1.807, 2.05) is 0 Å². The molecule has 7 rings (SSSR count). The molecule has 3 saturated carbocycles. The first-order valence-electron chi connectivity index (χ1n) is 15.3. The van der Waals surface area contributed by atoms with Crippen molar-refractivity contribution in [3.8, 4) is 16.5 Å². The molecule has 0 radical (unpaired) electrons. The van der Waals surface area contributed by atoms with Gasteiger partial charge in [-0.3, -0.25) is 4.79 Å². The number of sulfone groups is 1. The molecule has 1 aromatic carbocycles. The minimum Gasteiger partial charge on any atom is -0.369 e. The zero-order chi connectivity index (χ0) is 28.2. The molecule has 10 heteroatoms. The van der Waals surface area contributed by atoms with E-state index in [0.717, 1.165) is 78.6 Å². The first-order valence-corrected chi connectivity index (χ1v) is 18.0. The van der Waals surface area contributed by atoms with Crippen LogP contribution in [-0.4, -0.2) is 62.5 Å². The van der Waals surface area contributed by atoms with Crippen molar-refractivity contribution in [2.75, 3.05) is 47.5 Å². The highest BCUT2D eigenvalue weighted by Crippen LogP contribution is 2.54. The topological polar surface area (TPSA) is 106 Å². The van der Waals surface area contributed by atoms with Crippen molar-refractivity contribution in [1.82, 2.24) is 10.3 Å². The number of anilines is 2. The lowest BCUT2D eigenvalue weighted by Gasteiger charge is -2.32. The van der Waals surface area contributed by atoms with Crippen LogP contribution in [0.3, 0.4) is 0 Å². The Bertz CT molecular complexity index is 1450. The van der Waals surface area contributed by atoms with Gasteiger partial charge >= 0.3 is 0 Å². The van der Waals surface area contributed by atoms with Crippen molar-refractivity contribution >= 4 is 37.9 Å². The molecule has 1 N–H and O–H groups in total. The lowest BCUT2D eigenvalue weighted by Crippen LogP contribution is -2.42. The number of carbonyl (C=O) groups excluding carboxylic acids is 1. The van der Waals surface area contributed by atoms with Crippen LogP contribution in [0.2, 0.25) is 0 Å². The monoisotopic (exact) mass is 593 g/mol. The second-order valence-corrected chi connectivity index (χ2v) is 16.3. The number of carbonyl (C=O) groups is 1. The maximum atomic E-state index is 13.6. The van der Waals surface area contributed by atoms with Crippen LogP contribution in [0.25, 0.3) is 10.4 Å². The van der Waals surface area contributed by atoms with E-state index >= 15 is 0 Å². The van der Waals surface area contributed by atoms with Crippen LogP contribution in [0, 0.1) is 22.7 Å². The van der Waals surface area contributed by atoms with Gasteiger partial charge < -0.3 is 15.1 Å². The molecule has 8 nitrogen and oxygen atoms in total. The fourth-order valence-electron chi connectivity index (χ4n) is 7.05. The predicted octanol–water partition coefficient (Wildman–Crippen LogP) is 4.87. The summed E-state index contributed by atoms with van der Waals surface area (Å²) in [6.45, 7) is 3.14. The molecule has 218 valence electrons. The predicted molar refractivity (Wildman–Crippen MR) is 162 cm³/mol. The number of hydrogen-bond donors (Lipinski definition) is 1. The Kier molecular flexibility index (Phi) is 6.81. The summed E-state index contributed by atoms with van der Waals surface area (Å²) in [4.78, 5) is 24.6. The highest BCUT2D eigenvalue weighted by atomic mass is 32.2. The molecular formula is C31H39N5O3S2.